The van der Waals surface area contributed by atoms with Gasteiger partial charge in [0.2, 0.25) is 0 Å². The van der Waals surface area contributed by atoms with Crippen molar-refractivity contribution in [3.8, 4) is 0 Å². The second kappa shape index (κ2) is 9.61. The van der Waals surface area contributed by atoms with E-state index < -0.39 is 17.6 Å². The maximum Gasteiger partial charge on any atom is 0.140 e. The summed E-state index contributed by atoms with van der Waals surface area (Å²) in [5.41, 5.74) is 0.758. The predicted octanol–water partition coefficient (Wildman–Crippen LogP) is 5.19. The van der Waals surface area contributed by atoms with Gasteiger partial charge >= 0.3 is 0 Å². The van der Waals surface area contributed by atoms with Crippen LogP contribution < -0.4 is 0 Å². The molecule has 6 nitrogen and oxygen atoms in total. The van der Waals surface area contributed by atoms with Gasteiger partial charge in [-0.1, -0.05) is 40.2 Å². The number of aliphatic hydroxyl groups is 2. The molecule has 0 bridgehead atoms. The van der Waals surface area contributed by atoms with Crippen LogP contribution in [0.5, 0.6) is 0 Å². The quantitative estimate of drug-likeness (QED) is 0.464. The lowest BCUT2D eigenvalue weighted by molar-refractivity contribution is -0.304. The zero-order chi connectivity index (χ0) is 29.1. The van der Waals surface area contributed by atoms with Gasteiger partial charge in [-0.05, 0) is 93.0 Å². The molecule has 40 heavy (non-hydrogen) atoms. The highest BCUT2D eigenvalue weighted by molar-refractivity contribution is 5.87. The van der Waals surface area contributed by atoms with Crippen molar-refractivity contribution in [2.75, 3.05) is 14.2 Å². The van der Waals surface area contributed by atoms with Gasteiger partial charge in [0, 0.05) is 36.9 Å². The number of rotatable bonds is 3. The van der Waals surface area contributed by atoms with E-state index in [2.05, 4.69) is 41.5 Å². The van der Waals surface area contributed by atoms with Gasteiger partial charge in [0.05, 0.1) is 30.5 Å². The lowest BCUT2D eigenvalue weighted by Gasteiger charge is -2.72. The third-order valence-corrected chi connectivity index (χ3v) is 14.1. The van der Waals surface area contributed by atoms with E-state index in [4.69, 9.17) is 14.2 Å². The van der Waals surface area contributed by atoms with Gasteiger partial charge in [0.25, 0.3) is 0 Å². The zero-order valence-corrected chi connectivity index (χ0v) is 26.3. The van der Waals surface area contributed by atoms with Gasteiger partial charge in [0.1, 0.15) is 11.9 Å². The molecule has 0 aromatic heterocycles. The minimum Gasteiger partial charge on any atom is -0.389 e. The fourth-order valence-electron chi connectivity index (χ4n) is 12.4. The number of carbonyl (C=O) groups is 1. The number of aliphatic hydroxyl groups excluding tert-OH is 2. The fourth-order valence-corrected chi connectivity index (χ4v) is 12.4. The number of fused-ring (bicyclic) bond motifs is 5. The van der Waals surface area contributed by atoms with Crippen molar-refractivity contribution in [2.24, 2.45) is 57.7 Å². The minimum absolute atomic E-state index is 0.00794. The van der Waals surface area contributed by atoms with Crippen LogP contribution in [0.15, 0.2) is 11.1 Å². The van der Waals surface area contributed by atoms with Crippen LogP contribution in [0, 0.1) is 57.7 Å². The van der Waals surface area contributed by atoms with E-state index in [-0.39, 0.29) is 58.9 Å². The van der Waals surface area contributed by atoms with Crippen molar-refractivity contribution in [1.29, 1.82) is 0 Å². The molecule has 0 radical (unpaired) electrons. The van der Waals surface area contributed by atoms with E-state index in [1.165, 1.54) is 0 Å². The average molecular weight is 559 g/mol. The summed E-state index contributed by atoms with van der Waals surface area (Å²) in [6.45, 7) is 15.2. The summed E-state index contributed by atoms with van der Waals surface area (Å²) in [5.74, 6) is 1.64. The molecule has 6 heteroatoms. The number of hydrogen-bond donors (Lipinski definition) is 2. The largest absolute Gasteiger partial charge is 0.389 e. The molecule has 1 saturated heterocycles. The summed E-state index contributed by atoms with van der Waals surface area (Å²) >= 11 is 0. The Morgan fingerprint density at radius 2 is 1.70 bits per heavy atom. The summed E-state index contributed by atoms with van der Waals surface area (Å²) in [6, 6.07) is 0. The summed E-state index contributed by atoms with van der Waals surface area (Å²) in [7, 11) is 3.58. The number of Topliss-reactive ketones (excluding diaryl/α,β-unsaturated/α-hetero) is 1. The van der Waals surface area contributed by atoms with Crippen molar-refractivity contribution in [3.05, 3.63) is 11.1 Å². The SMILES string of the molecule is COC1CCC2C3CCC(C)C4C(=O)C5C(C)C6(C)C(O)C(C(C)O)=C(C)CC6(C)CC5(C)C(OC2C1OC)C34. The molecule has 16 atom stereocenters. The first-order valence-corrected chi connectivity index (χ1v) is 16.1. The predicted molar refractivity (Wildman–Crippen MR) is 153 cm³/mol. The lowest BCUT2D eigenvalue weighted by Crippen LogP contribution is -2.74. The molecule has 6 rings (SSSR count). The first kappa shape index (κ1) is 29.3. The fraction of sp³-hybridized carbons (Fsp3) is 0.912. The molecule has 5 aliphatic carbocycles. The number of ether oxygens (including phenoxy) is 3. The Kier molecular flexibility index (Phi) is 7.03. The minimum atomic E-state index is -0.775. The standard InChI is InChI=1S/C34H54O6/c1-16-10-11-20-21-12-13-22(38-8)29(39-9)28(21)40-31-25(20)24(16)27(36)26-18(3)34(7)30(37)23(19(4)35)17(2)14-32(34,5)15-33(26,31)6/h16,18-22,24-26,28-31,35,37H,10-15H2,1-9H3. The van der Waals surface area contributed by atoms with E-state index in [1.807, 2.05) is 0 Å². The Morgan fingerprint density at radius 3 is 2.33 bits per heavy atom. The summed E-state index contributed by atoms with van der Waals surface area (Å²) < 4.78 is 19.4. The summed E-state index contributed by atoms with van der Waals surface area (Å²) in [4.78, 5) is 14.9. The van der Waals surface area contributed by atoms with E-state index in [9.17, 15) is 15.0 Å². The van der Waals surface area contributed by atoms with Crippen LogP contribution in [-0.4, -0.2) is 66.8 Å². The molecule has 0 spiro atoms. The first-order valence-electron chi connectivity index (χ1n) is 16.1. The van der Waals surface area contributed by atoms with Crippen LogP contribution in [0.4, 0.5) is 0 Å². The normalized spacial score (nSPS) is 56.5. The Bertz CT molecular complexity index is 1070. The Morgan fingerprint density at radius 1 is 1.02 bits per heavy atom. The van der Waals surface area contributed by atoms with Crippen molar-refractivity contribution in [3.63, 3.8) is 0 Å². The van der Waals surface area contributed by atoms with E-state index in [0.29, 0.717) is 23.5 Å². The Labute approximate surface area is 241 Å². The van der Waals surface area contributed by atoms with Gasteiger partial charge in [-0.2, -0.15) is 0 Å². The summed E-state index contributed by atoms with van der Waals surface area (Å²) in [5, 5.41) is 22.7. The molecule has 4 saturated carbocycles. The van der Waals surface area contributed by atoms with E-state index in [1.54, 1.807) is 21.1 Å². The zero-order valence-electron chi connectivity index (χ0n) is 26.3. The molecular weight excluding hydrogens is 504 g/mol. The van der Waals surface area contributed by atoms with Crippen LogP contribution in [0.3, 0.4) is 0 Å². The molecule has 0 aromatic rings. The van der Waals surface area contributed by atoms with Gasteiger partial charge < -0.3 is 24.4 Å². The van der Waals surface area contributed by atoms with Crippen molar-refractivity contribution < 1.29 is 29.2 Å². The van der Waals surface area contributed by atoms with E-state index in [0.717, 1.165) is 49.7 Å². The van der Waals surface area contributed by atoms with Crippen molar-refractivity contribution in [1.82, 2.24) is 0 Å². The molecule has 0 amide bonds. The Balaban J connectivity index is 1.49. The van der Waals surface area contributed by atoms with Gasteiger partial charge in [0.15, 0.2) is 0 Å². The van der Waals surface area contributed by atoms with Gasteiger partial charge in [-0.15, -0.1) is 0 Å². The highest BCUT2D eigenvalue weighted by Gasteiger charge is 2.74. The van der Waals surface area contributed by atoms with E-state index >= 15 is 0 Å². The molecule has 6 aliphatic rings. The van der Waals surface area contributed by atoms with Crippen LogP contribution in [-0.2, 0) is 19.0 Å². The van der Waals surface area contributed by atoms with Crippen LogP contribution in [0.25, 0.3) is 0 Å². The number of methoxy groups -OCH3 is 2. The molecule has 0 aromatic carbocycles. The van der Waals surface area contributed by atoms with Crippen molar-refractivity contribution >= 4 is 5.78 Å². The number of carbonyl (C=O) groups excluding carboxylic acids is 1. The van der Waals surface area contributed by atoms with Crippen molar-refractivity contribution in [2.45, 2.75) is 124 Å². The number of hydrogen-bond acceptors (Lipinski definition) is 6. The maximum atomic E-state index is 14.9. The monoisotopic (exact) mass is 558 g/mol. The lowest BCUT2D eigenvalue weighted by atomic mass is 9.34. The van der Waals surface area contributed by atoms with Crippen LogP contribution in [0.2, 0.25) is 0 Å². The first-order chi connectivity index (χ1) is 18.8. The highest BCUT2D eigenvalue weighted by atomic mass is 16.6. The summed E-state index contributed by atoms with van der Waals surface area (Å²) in [6.07, 6.45) is 4.35. The van der Waals surface area contributed by atoms with Crippen LogP contribution >= 0.6 is 0 Å². The molecular formula is C34H54O6. The number of allylic oxidation sites excluding steroid dienone is 1. The van der Waals surface area contributed by atoms with Gasteiger partial charge in [-0.3, -0.25) is 4.79 Å². The Hall–Kier alpha value is -0.790. The maximum absolute atomic E-state index is 14.9. The smallest absolute Gasteiger partial charge is 0.140 e. The second-order valence-electron chi connectivity index (χ2n) is 15.7. The average Bonchev–Trinajstić information content (AvgIpc) is 2.88. The molecule has 2 N–H and O–H groups in total. The van der Waals surface area contributed by atoms with Gasteiger partial charge in [-0.25, -0.2) is 0 Å². The highest BCUT2D eigenvalue weighted by Crippen LogP contribution is 2.73. The molecule has 16 unspecified atom stereocenters. The molecule has 1 aliphatic heterocycles. The third-order valence-electron chi connectivity index (χ3n) is 14.1. The van der Waals surface area contributed by atoms with Crippen LogP contribution in [0.1, 0.15) is 87.0 Å². The molecule has 1 heterocycles. The molecule has 5 fully saturated rings. The molecule has 226 valence electrons. The topological polar surface area (TPSA) is 85.2 Å². The number of ketones is 1. The third kappa shape index (κ3) is 3.55. The second-order valence-corrected chi connectivity index (χ2v) is 15.7.